The summed E-state index contributed by atoms with van der Waals surface area (Å²) in [4.78, 5) is 18.7. The standard InChI is InChI=1S/C15H21ClN2O/c1-3-11-6-5-7-18(10-11)15(19)12-8-13(4-2)17-14(16)9-12/h8-9,11H,3-7,10H2,1-2H3. The van der Waals surface area contributed by atoms with Crippen LogP contribution >= 0.6 is 11.6 Å². The van der Waals surface area contributed by atoms with Crippen LogP contribution in [0.5, 0.6) is 0 Å². The normalized spacial score (nSPS) is 19.5. The van der Waals surface area contributed by atoms with E-state index in [9.17, 15) is 4.79 Å². The van der Waals surface area contributed by atoms with Crippen molar-refractivity contribution in [3.8, 4) is 0 Å². The molecule has 1 aliphatic heterocycles. The van der Waals surface area contributed by atoms with E-state index in [-0.39, 0.29) is 5.91 Å². The van der Waals surface area contributed by atoms with Gasteiger partial charge in [-0.1, -0.05) is 31.9 Å². The predicted octanol–water partition coefficient (Wildman–Crippen LogP) is 3.56. The molecule has 0 N–H and O–H groups in total. The largest absolute Gasteiger partial charge is 0.338 e. The summed E-state index contributed by atoms with van der Waals surface area (Å²) < 4.78 is 0. The molecule has 2 rings (SSSR count). The Bertz CT molecular complexity index is 461. The molecule has 0 bridgehead atoms. The zero-order valence-corrected chi connectivity index (χ0v) is 12.4. The van der Waals surface area contributed by atoms with E-state index in [1.165, 1.54) is 6.42 Å². The molecule has 1 fully saturated rings. The third-order valence-electron chi connectivity index (χ3n) is 3.84. The van der Waals surface area contributed by atoms with Crippen LogP contribution in [0.1, 0.15) is 49.2 Å². The van der Waals surface area contributed by atoms with Gasteiger partial charge in [0.15, 0.2) is 0 Å². The van der Waals surface area contributed by atoms with Crippen LogP contribution in [-0.4, -0.2) is 28.9 Å². The molecule has 0 aromatic carbocycles. The molecule has 0 spiro atoms. The molecule has 19 heavy (non-hydrogen) atoms. The summed E-state index contributed by atoms with van der Waals surface area (Å²) >= 11 is 5.99. The number of halogens is 1. The molecule has 1 aliphatic rings. The van der Waals surface area contributed by atoms with Gasteiger partial charge >= 0.3 is 0 Å². The van der Waals surface area contributed by atoms with Crippen molar-refractivity contribution < 1.29 is 4.79 Å². The Hall–Kier alpha value is -1.09. The third-order valence-corrected chi connectivity index (χ3v) is 4.03. The third kappa shape index (κ3) is 3.47. The van der Waals surface area contributed by atoms with E-state index in [1.807, 2.05) is 17.9 Å². The van der Waals surface area contributed by atoms with Crippen molar-refractivity contribution in [3.63, 3.8) is 0 Å². The lowest BCUT2D eigenvalue weighted by molar-refractivity contribution is 0.0671. The first-order valence-corrected chi connectivity index (χ1v) is 7.47. The zero-order chi connectivity index (χ0) is 13.8. The molecule has 1 aromatic rings. The number of carbonyl (C=O) groups excluding carboxylic acids is 1. The highest BCUT2D eigenvalue weighted by molar-refractivity contribution is 6.29. The van der Waals surface area contributed by atoms with Crippen LogP contribution in [-0.2, 0) is 6.42 Å². The van der Waals surface area contributed by atoms with Crippen LogP contribution in [0, 0.1) is 5.92 Å². The van der Waals surface area contributed by atoms with Gasteiger partial charge in [0.1, 0.15) is 5.15 Å². The maximum absolute atomic E-state index is 12.5. The van der Waals surface area contributed by atoms with Crippen LogP contribution in [0.3, 0.4) is 0 Å². The first-order chi connectivity index (χ1) is 9.13. The smallest absolute Gasteiger partial charge is 0.254 e. The van der Waals surface area contributed by atoms with Gasteiger partial charge in [0.05, 0.1) is 0 Å². The lowest BCUT2D eigenvalue weighted by Crippen LogP contribution is -2.39. The number of pyridine rings is 1. The Morgan fingerprint density at radius 3 is 2.95 bits per heavy atom. The molecule has 2 heterocycles. The number of hydrogen-bond acceptors (Lipinski definition) is 2. The van der Waals surface area contributed by atoms with Gasteiger partial charge in [-0.3, -0.25) is 4.79 Å². The summed E-state index contributed by atoms with van der Waals surface area (Å²) in [5.74, 6) is 0.734. The minimum Gasteiger partial charge on any atom is -0.338 e. The summed E-state index contributed by atoms with van der Waals surface area (Å²) in [6.07, 6.45) is 4.26. The maximum Gasteiger partial charge on any atom is 0.254 e. The first-order valence-electron chi connectivity index (χ1n) is 7.09. The summed E-state index contributed by atoms with van der Waals surface area (Å²) in [7, 11) is 0. The number of nitrogens with zero attached hydrogens (tertiary/aromatic N) is 2. The second kappa shape index (κ2) is 6.38. The molecule has 3 nitrogen and oxygen atoms in total. The second-order valence-electron chi connectivity index (χ2n) is 5.19. The van der Waals surface area contributed by atoms with Crippen molar-refractivity contribution in [3.05, 3.63) is 28.5 Å². The summed E-state index contributed by atoms with van der Waals surface area (Å²) in [6, 6.07) is 3.54. The molecule has 0 aliphatic carbocycles. The number of piperidine rings is 1. The molecule has 1 atom stereocenters. The van der Waals surface area contributed by atoms with Gasteiger partial charge < -0.3 is 4.90 Å². The van der Waals surface area contributed by atoms with Crippen molar-refractivity contribution in [2.45, 2.75) is 39.5 Å². The molecular formula is C15H21ClN2O. The van der Waals surface area contributed by atoms with Gasteiger partial charge in [-0.2, -0.15) is 0 Å². The van der Waals surface area contributed by atoms with Crippen LogP contribution in [0.4, 0.5) is 0 Å². The Balaban J connectivity index is 2.16. The minimum atomic E-state index is 0.0946. The van der Waals surface area contributed by atoms with Gasteiger partial charge in [-0.15, -0.1) is 0 Å². The average Bonchev–Trinajstić information content (AvgIpc) is 2.45. The fourth-order valence-corrected chi connectivity index (χ4v) is 2.85. The van der Waals surface area contributed by atoms with E-state index in [0.717, 1.165) is 38.0 Å². The van der Waals surface area contributed by atoms with E-state index in [0.29, 0.717) is 16.6 Å². The number of hydrogen-bond donors (Lipinski definition) is 0. The lowest BCUT2D eigenvalue weighted by atomic mass is 9.95. The number of aryl methyl sites for hydroxylation is 1. The molecule has 1 aromatic heterocycles. The van der Waals surface area contributed by atoms with Crippen LogP contribution in [0.2, 0.25) is 5.15 Å². The van der Waals surface area contributed by atoms with Crippen LogP contribution < -0.4 is 0 Å². The van der Waals surface area contributed by atoms with Crippen molar-refractivity contribution >= 4 is 17.5 Å². The van der Waals surface area contributed by atoms with Gasteiger partial charge in [-0.25, -0.2) is 4.98 Å². The predicted molar refractivity (Wildman–Crippen MR) is 77.5 cm³/mol. The van der Waals surface area contributed by atoms with Gasteiger partial charge in [0, 0.05) is 24.3 Å². The number of aromatic nitrogens is 1. The average molecular weight is 281 g/mol. The number of rotatable bonds is 3. The zero-order valence-electron chi connectivity index (χ0n) is 11.7. The summed E-state index contributed by atoms with van der Waals surface area (Å²) in [5, 5.41) is 0.409. The van der Waals surface area contributed by atoms with E-state index >= 15 is 0 Å². The summed E-state index contributed by atoms with van der Waals surface area (Å²) in [6.45, 7) is 5.94. The maximum atomic E-state index is 12.5. The summed E-state index contributed by atoms with van der Waals surface area (Å²) in [5.41, 5.74) is 1.55. The van der Waals surface area contributed by atoms with E-state index < -0.39 is 0 Å². The van der Waals surface area contributed by atoms with Crippen molar-refractivity contribution in [1.82, 2.24) is 9.88 Å². The quantitative estimate of drug-likeness (QED) is 0.793. The van der Waals surface area contributed by atoms with Crippen molar-refractivity contribution in [2.75, 3.05) is 13.1 Å². The van der Waals surface area contributed by atoms with Gasteiger partial charge in [0.2, 0.25) is 0 Å². The molecular weight excluding hydrogens is 260 g/mol. The fourth-order valence-electron chi connectivity index (χ4n) is 2.62. The first kappa shape index (κ1) is 14.3. The minimum absolute atomic E-state index is 0.0946. The monoisotopic (exact) mass is 280 g/mol. The van der Waals surface area contributed by atoms with Gasteiger partial charge in [-0.05, 0) is 37.3 Å². The highest BCUT2D eigenvalue weighted by Gasteiger charge is 2.23. The SMILES string of the molecule is CCc1cc(C(=O)N2CCCC(CC)C2)cc(Cl)n1. The van der Waals surface area contributed by atoms with E-state index in [4.69, 9.17) is 11.6 Å². The molecule has 1 amide bonds. The Morgan fingerprint density at radius 2 is 2.26 bits per heavy atom. The highest BCUT2D eigenvalue weighted by Crippen LogP contribution is 2.22. The lowest BCUT2D eigenvalue weighted by Gasteiger charge is -2.32. The Labute approximate surface area is 120 Å². The topological polar surface area (TPSA) is 33.2 Å². The fraction of sp³-hybridized carbons (Fsp3) is 0.600. The molecule has 1 saturated heterocycles. The number of amides is 1. The van der Waals surface area contributed by atoms with Crippen molar-refractivity contribution in [2.24, 2.45) is 5.92 Å². The Kier molecular flexibility index (Phi) is 4.81. The molecule has 0 radical (unpaired) electrons. The number of likely N-dealkylation sites (tertiary alicyclic amines) is 1. The molecule has 4 heteroatoms. The number of carbonyl (C=O) groups is 1. The van der Waals surface area contributed by atoms with Crippen molar-refractivity contribution in [1.29, 1.82) is 0 Å². The molecule has 0 saturated carbocycles. The van der Waals surface area contributed by atoms with Crippen LogP contribution in [0.15, 0.2) is 12.1 Å². The van der Waals surface area contributed by atoms with E-state index in [2.05, 4.69) is 11.9 Å². The highest BCUT2D eigenvalue weighted by atomic mass is 35.5. The Morgan fingerprint density at radius 1 is 1.47 bits per heavy atom. The van der Waals surface area contributed by atoms with Gasteiger partial charge in [0.25, 0.3) is 5.91 Å². The molecule has 104 valence electrons. The van der Waals surface area contributed by atoms with Crippen LogP contribution in [0.25, 0.3) is 0 Å². The second-order valence-corrected chi connectivity index (χ2v) is 5.58. The molecule has 1 unspecified atom stereocenters. The van der Waals surface area contributed by atoms with E-state index in [1.54, 1.807) is 6.07 Å².